The topological polar surface area (TPSA) is 107 Å². The first-order valence-corrected chi connectivity index (χ1v) is 16.5. The Balaban J connectivity index is 1.25. The van der Waals surface area contributed by atoms with Crippen molar-refractivity contribution in [3.63, 3.8) is 0 Å². The second-order valence-corrected chi connectivity index (χ2v) is 14.8. The standard InChI is InChI=1S/C36H50O7/c1-22(21-42-24(3)37)11-14-31(38)23(2)36(41)32(39)20-30-28-13-12-26-19-27(43-33(40)25-9-7-6-8-10-25)15-17-34(26,4)29(28)16-18-35(30,36)5/h6-10,22-23,26-30,41H,11-21H2,1-5H3/t22-,23-,26+,27+,28-,29+,30+,34+,35+,36-/m1/s1. The summed E-state index contributed by atoms with van der Waals surface area (Å²) < 4.78 is 11.1. The normalized spacial score (nSPS) is 38.2. The van der Waals surface area contributed by atoms with Gasteiger partial charge in [0.05, 0.1) is 18.1 Å². The van der Waals surface area contributed by atoms with Gasteiger partial charge >= 0.3 is 11.9 Å². The van der Waals surface area contributed by atoms with Crippen molar-refractivity contribution in [1.82, 2.24) is 0 Å². The van der Waals surface area contributed by atoms with Crippen LogP contribution < -0.4 is 0 Å². The van der Waals surface area contributed by atoms with Crippen LogP contribution >= 0.6 is 0 Å². The van der Waals surface area contributed by atoms with Gasteiger partial charge < -0.3 is 14.6 Å². The molecule has 4 aliphatic rings. The van der Waals surface area contributed by atoms with E-state index in [1.807, 2.05) is 25.1 Å². The molecule has 1 N–H and O–H groups in total. The van der Waals surface area contributed by atoms with Gasteiger partial charge in [-0.15, -0.1) is 0 Å². The highest BCUT2D eigenvalue weighted by Crippen LogP contribution is 2.68. The number of rotatable bonds is 9. The van der Waals surface area contributed by atoms with Crippen molar-refractivity contribution < 1.29 is 33.8 Å². The summed E-state index contributed by atoms with van der Waals surface area (Å²) in [6, 6.07) is 9.19. The number of hydrogen-bond donors (Lipinski definition) is 1. The van der Waals surface area contributed by atoms with E-state index in [-0.39, 0.29) is 59.9 Å². The number of benzene rings is 1. The van der Waals surface area contributed by atoms with Gasteiger partial charge in [-0.25, -0.2) is 4.79 Å². The second-order valence-electron chi connectivity index (χ2n) is 14.8. The Morgan fingerprint density at radius 3 is 2.42 bits per heavy atom. The molecule has 7 heteroatoms. The van der Waals surface area contributed by atoms with Crippen LogP contribution in [-0.4, -0.2) is 46.9 Å². The third-order valence-electron chi connectivity index (χ3n) is 12.6. The molecule has 0 aliphatic heterocycles. The fourth-order valence-electron chi connectivity index (χ4n) is 9.88. The van der Waals surface area contributed by atoms with Crippen LogP contribution in [0.4, 0.5) is 0 Å². The molecule has 4 fully saturated rings. The van der Waals surface area contributed by atoms with Crippen LogP contribution in [0.1, 0.15) is 109 Å². The molecule has 10 atom stereocenters. The van der Waals surface area contributed by atoms with E-state index in [4.69, 9.17) is 9.47 Å². The van der Waals surface area contributed by atoms with Crippen molar-refractivity contribution in [3.05, 3.63) is 35.9 Å². The molecule has 0 aromatic heterocycles. The van der Waals surface area contributed by atoms with E-state index in [2.05, 4.69) is 13.8 Å². The van der Waals surface area contributed by atoms with Crippen LogP contribution in [-0.2, 0) is 23.9 Å². The third-order valence-corrected chi connectivity index (χ3v) is 12.6. The molecule has 0 bridgehead atoms. The highest BCUT2D eigenvalue weighted by Gasteiger charge is 2.70. The summed E-state index contributed by atoms with van der Waals surface area (Å²) in [6.45, 7) is 9.80. The van der Waals surface area contributed by atoms with Gasteiger partial charge in [-0.1, -0.05) is 45.9 Å². The van der Waals surface area contributed by atoms with E-state index in [0.717, 1.165) is 44.9 Å². The highest BCUT2D eigenvalue weighted by molar-refractivity contribution is 5.97. The Hall–Kier alpha value is -2.54. The summed E-state index contributed by atoms with van der Waals surface area (Å²) in [5.41, 5.74) is -1.58. The molecule has 1 aromatic rings. The lowest BCUT2D eigenvalue weighted by molar-refractivity contribution is -0.181. The van der Waals surface area contributed by atoms with Gasteiger partial charge in [0.2, 0.25) is 0 Å². The smallest absolute Gasteiger partial charge is 0.338 e. The molecule has 0 unspecified atom stereocenters. The zero-order valence-corrected chi connectivity index (χ0v) is 26.6. The van der Waals surface area contributed by atoms with Crippen LogP contribution in [0.2, 0.25) is 0 Å². The lowest BCUT2D eigenvalue weighted by Gasteiger charge is -2.61. The molecule has 43 heavy (non-hydrogen) atoms. The largest absolute Gasteiger partial charge is 0.466 e. The molecule has 0 radical (unpaired) electrons. The Morgan fingerprint density at radius 2 is 1.72 bits per heavy atom. The maximum absolute atomic E-state index is 13.7. The fraction of sp³-hybridized carbons (Fsp3) is 0.722. The fourth-order valence-corrected chi connectivity index (χ4v) is 9.88. The van der Waals surface area contributed by atoms with Gasteiger partial charge in [-0.3, -0.25) is 14.4 Å². The van der Waals surface area contributed by atoms with Gasteiger partial charge in [0.25, 0.3) is 0 Å². The lowest BCUT2D eigenvalue weighted by Crippen LogP contribution is -2.60. The minimum Gasteiger partial charge on any atom is -0.466 e. The maximum atomic E-state index is 13.7. The highest BCUT2D eigenvalue weighted by atomic mass is 16.5. The first-order chi connectivity index (χ1) is 20.3. The van der Waals surface area contributed by atoms with Gasteiger partial charge in [0, 0.05) is 25.2 Å². The number of carbonyl (C=O) groups is 4. The predicted molar refractivity (Wildman–Crippen MR) is 162 cm³/mol. The Bertz CT molecular complexity index is 1230. The molecule has 236 valence electrons. The van der Waals surface area contributed by atoms with E-state index in [1.54, 1.807) is 19.1 Å². The molecule has 1 aromatic carbocycles. The van der Waals surface area contributed by atoms with E-state index in [9.17, 15) is 24.3 Å². The molecule has 0 spiro atoms. The number of aliphatic hydroxyl groups is 1. The van der Waals surface area contributed by atoms with Crippen LogP contribution in [0.3, 0.4) is 0 Å². The number of carbonyl (C=O) groups excluding carboxylic acids is 4. The molecule has 0 saturated heterocycles. The molecule has 0 amide bonds. The van der Waals surface area contributed by atoms with Crippen molar-refractivity contribution in [1.29, 1.82) is 0 Å². The molecule has 5 rings (SSSR count). The van der Waals surface area contributed by atoms with Gasteiger partial charge in [-0.2, -0.15) is 0 Å². The summed E-state index contributed by atoms with van der Waals surface area (Å²) in [4.78, 5) is 51.0. The van der Waals surface area contributed by atoms with Gasteiger partial charge in [-0.05, 0) is 98.5 Å². The monoisotopic (exact) mass is 594 g/mol. The van der Waals surface area contributed by atoms with E-state index >= 15 is 0 Å². The molecule has 0 heterocycles. The van der Waals surface area contributed by atoms with Gasteiger partial charge in [0.1, 0.15) is 17.5 Å². The zero-order valence-electron chi connectivity index (χ0n) is 26.6. The van der Waals surface area contributed by atoms with Crippen LogP contribution in [0.5, 0.6) is 0 Å². The van der Waals surface area contributed by atoms with Crippen LogP contribution in [0.15, 0.2) is 30.3 Å². The van der Waals surface area contributed by atoms with Crippen molar-refractivity contribution in [2.45, 2.75) is 111 Å². The second kappa shape index (κ2) is 12.1. The van der Waals surface area contributed by atoms with E-state index in [1.165, 1.54) is 6.92 Å². The summed E-state index contributed by atoms with van der Waals surface area (Å²) in [5, 5.41) is 12.2. The predicted octanol–water partition coefficient (Wildman–Crippen LogP) is 6.35. The summed E-state index contributed by atoms with van der Waals surface area (Å²) in [6.07, 6.45) is 7.50. The molecular weight excluding hydrogens is 544 g/mol. The minimum atomic E-state index is -1.65. The number of hydrogen-bond acceptors (Lipinski definition) is 7. The number of Topliss-reactive ketones (excluding diaryl/α,β-unsaturated/α-hetero) is 2. The first-order valence-electron chi connectivity index (χ1n) is 16.5. The number of esters is 2. The number of fused-ring (bicyclic) bond motifs is 5. The average Bonchev–Trinajstić information content (AvgIpc) is 3.20. The minimum absolute atomic E-state index is 0.0284. The number of ketones is 2. The first kappa shape index (κ1) is 31.9. The third kappa shape index (κ3) is 5.60. The van der Waals surface area contributed by atoms with Crippen LogP contribution in [0, 0.1) is 46.3 Å². The summed E-state index contributed by atoms with van der Waals surface area (Å²) in [7, 11) is 0. The summed E-state index contributed by atoms with van der Waals surface area (Å²) in [5.74, 6) is -0.261. The number of ether oxygens (including phenoxy) is 2. The molecule has 7 nitrogen and oxygen atoms in total. The molecular formula is C36H50O7. The Labute approximate surface area is 256 Å². The van der Waals surface area contributed by atoms with Crippen molar-refractivity contribution in [3.8, 4) is 0 Å². The van der Waals surface area contributed by atoms with E-state index < -0.39 is 16.9 Å². The summed E-state index contributed by atoms with van der Waals surface area (Å²) >= 11 is 0. The average molecular weight is 595 g/mol. The Kier molecular flexibility index (Phi) is 8.97. The van der Waals surface area contributed by atoms with Gasteiger partial charge in [0.15, 0.2) is 5.78 Å². The zero-order chi connectivity index (χ0) is 31.2. The lowest BCUT2D eigenvalue weighted by atomic mass is 9.44. The van der Waals surface area contributed by atoms with Crippen molar-refractivity contribution in [2.24, 2.45) is 46.3 Å². The Morgan fingerprint density at radius 1 is 1.00 bits per heavy atom. The maximum Gasteiger partial charge on any atom is 0.338 e. The van der Waals surface area contributed by atoms with Crippen molar-refractivity contribution >= 4 is 23.5 Å². The molecule has 4 saturated carbocycles. The molecule has 4 aliphatic carbocycles. The SMILES string of the molecule is CC(=O)OC[C@H](C)CCC(=O)[C@@H](C)[C@@]1(O)C(=O)C[C@H]2[C@@H]3CC[C@H]4C[C@@H](OC(=O)c5ccccc5)CC[C@]4(C)[C@H]3CC[C@@]21C. The quantitative estimate of drug-likeness (QED) is 0.332. The van der Waals surface area contributed by atoms with E-state index in [0.29, 0.717) is 36.2 Å². The van der Waals surface area contributed by atoms with Crippen molar-refractivity contribution in [2.75, 3.05) is 6.61 Å². The van der Waals surface area contributed by atoms with Crippen LogP contribution in [0.25, 0.3) is 0 Å².